The molecule has 0 radical (unpaired) electrons. The van der Waals surface area contributed by atoms with Crippen LogP contribution in [0.25, 0.3) is 0 Å². The van der Waals surface area contributed by atoms with Gasteiger partial charge in [-0.2, -0.15) is 0 Å². The van der Waals surface area contributed by atoms with E-state index >= 15 is 0 Å². The lowest BCUT2D eigenvalue weighted by molar-refractivity contribution is -0.147. The van der Waals surface area contributed by atoms with Crippen molar-refractivity contribution in [2.75, 3.05) is 7.11 Å². The van der Waals surface area contributed by atoms with Gasteiger partial charge < -0.3 is 15.2 Å². The molecule has 1 aromatic carbocycles. The highest BCUT2D eigenvalue weighted by Gasteiger charge is 2.51. The lowest BCUT2D eigenvalue weighted by Gasteiger charge is -2.24. The Hall–Kier alpha value is -2.57. The number of carbonyl (C=O) groups excluding carboxylic acids is 2. The molecule has 0 spiro atoms. The summed E-state index contributed by atoms with van der Waals surface area (Å²) in [6, 6.07) is 3.19. The Balaban J connectivity index is 2.43. The number of carboxylic acid groups (broad SMARTS) is 1. The van der Waals surface area contributed by atoms with Crippen LogP contribution < -0.4 is 10.1 Å². The van der Waals surface area contributed by atoms with Crippen molar-refractivity contribution in [2.45, 2.75) is 32.4 Å². The van der Waals surface area contributed by atoms with Crippen LogP contribution in [-0.4, -0.2) is 41.1 Å². The van der Waals surface area contributed by atoms with Crippen molar-refractivity contribution in [3.8, 4) is 5.75 Å². The molecule has 7 heteroatoms. The standard InChI is InChI=1S/C15H18N2O5/c1-8-7-10(5-6-11(8)22-4)15(3)13(20)17(14(21)16-15)9(2)12(18)19/h5-7,9H,1-4H3,(H,16,21)(H,18,19). The van der Waals surface area contributed by atoms with Gasteiger partial charge in [0, 0.05) is 0 Å². The molecule has 0 aliphatic carbocycles. The molecule has 0 bridgehead atoms. The lowest BCUT2D eigenvalue weighted by Crippen LogP contribution is -2.45. The molecule has 1 saturated heterocycles. The number of imide groups is 1. The molecule has 1 aliphatic rings. The van der Waals surface area contributed by atoms with Crippen LogP contribution in [0.4, 0.5) is 4.79 Å². The number of benzene rings is 1. The van der Waals surface area contributed by atoms with Crippen LogP contribution in [0.15, 0.2) is 18.2 Å². The number of urea groups is 1. The summed E-state index contributed by atoms with van der Waals surface area (Å²) < 4.78 is 5.17. The average Bonchev–Trinajstić information content (AvgIpc) is 2.69. The van der Waals surface area contributed by atoms with Crippen molar-refractivity contribution in [3.05, 3.63) is 29.3 Å². The molecular weight excluding hydrogens is 288 g/mol. The fraction of sp³-hybridized carbons (Fsp3) is 0.400. The summed E-state index contributed by atoms with van der Waals surface area (Å²) in [5, 5.41) is 11.6. The minimum atomic E-state index is -1.29. The van der Waals surface area contributed by atoms with Gasteiger partial charge in [-0.05, 0) is 44.0 Å². The van der Waals surface area contributed by atoms with Crippen LogP contribution >= 0.6 is 0 Å². The summed E-state index contributed by atoms with van der Waals surface area (Å²) >= 11 is 0. The fourth-order valence-electron chi connectivity index (χ4n) is 2.51. The summed E-state index contributed by atoms with van der Waals surface area (Å²) in [5.74, 6) is -1.16. The van der Waals surface area contributed by atoms with E-state index < -0.39 is 29.5 Å². The van der Waals surface area contributed by atoms with E-state index in [2.05, 4.69) is 5.32 Å². The summed E-state index contributed by atoms with van der Waals surface area (Å²) in [6.45, 7) is 4.68. The first-order chi connectivity index (χ1) is 10.2. The number of carboxylic acids is 1. The number of nitrogens with one attached hydrogen (secondary N) is 1. The predicted molar refractivity (Wildman–Crippen MR) is 77.6 cm³/mol. The molecule has 0 aromatic heterocycles. The summed E-state index contributed by atoms with van der Waals surface area (Å²) in [6.07, 6.45) is 0. The van der Waals surface area contributed by atoms with Crippen LogP contribution in [0, 0.1) is 6.92 Å². The SMILES string of the molecule is COc1ccc(C2(C)NC(=O)N(C(C)C(=O)O)C2=O)cc1C. The molecule has 2 atom stereocenters. The normalized spacial score (nSPS) is 22.5. The number of rotatable bonds is 4. The van der Waals surface area contributed by atoms with E-state index in [1.807, 2.05) is 6.92 Å². The van der Waals surface area contributed by atoms with Crippen molar-refractivity contribution in [1.29, 1.82) is 0 Å². The van der Waals surface area contributed by atoms with Gasteiger partial charge in [0.25, 0.3) is 5.91 Å². The average molecular weight is 306 g/mol. The number of hydrogen-bond acceptors (Lipinski definition) is 4. The van der Waals surface area contributed by atoms with Crippen molar-refractivity contribution in [2.24, 2.45) is 0 Å². The molecule has 1 aliphatic heterocycles. The Kier molecular flexibility index (Phi) is 3.83. The summed E-state index contributed by atoms with van der Waals surface area (Å²) in [4.78, 5) is 36.4. The predicted octanol–water partition coefficient (Wildman–Crippen LogP) is 1.24. The maximum atomic E-state index is 12.6. The van der Waals surface area contributed by atoms with Crippen LogP contribution in [-0.2, 0) is 15.1 Å². The number of aliphatic carboxylic acids is 1. The van der Waals surface area contributed by atoms with E-state index in [4.69, 9.17) is 9.84 Å². The molecule has 2 rings (SSSR count). The number of amides is 3. The largest absolute Gasteiger partial charge is 0.496 e. The highest BCUT2D eigenvalue weighted by molar-refractivity contribution is 6.09. The third kappa shape index (κ3) is 2.28. The Bertz CT molecular complexity index is 657. The van der Waals surface area contributed by atoms with Gasteiger partial charge in [-0.25, -0.2) is 14.5 Å². The number of carbonyl (C=O) groups is 3. The summed E-state index contributed by atoms with van der Waals surface area (Å²) in [7, 11) is 1.54. The Morgan fingerprint density at radius 2 is 2.05 bits per heavy atom. The molecule has 1 aromatic rings. The van der Waals surface area contributed by atoms with Crippen LogP contribution in [0.3, 0.4) is 0 Å². The zero-order chi connectivity index (χ0) is 16.7. The van der Waals surface area contributed by atoms with Crippen molar-refractivity contribution >= 4 is 17.9 Å². The molecule has 2 N–H and O–H groups in total. The zero-order valence-electron chi connectivity index (χ0n) is 12.8. The molecule has 2 unspecified atom stereocenters. The van der Waals surface area contributed by atoms with E-state index in [0.29, 0.717) is 11.3 Å². The van der Waals surface area contributed by atoms with Crippen LogP contribution in [0.5, 0.6) is 5.75 Å². The quantitative estimate of drug-likeness (QED) is 0.816. The van der Waals surface area contributed by atoms with Gasteiger partial charge in [0.2, 0.25) is 0 Å². The highest BCUT2D eigenvalue weighted by atomic mass is 16.5. The number of methoxy groups -OCH3 is 1. The van der Waals surface area contributed by atoms with Crippen LogP contribution in [0.1, 0.15) is 25.0 Å². The summed E-state index contributed by atoms with van der Waals surface area (Å²) in [5.41, 5.74) is 0.0925. The van der Waals surface area contributed by atoms with E-state index in [0.717, 1.165) is 10.5 Å². The minimum Gasteiger partial charge on any atom is -0.496 e. The molecule has 0 saturated carbocycles. The topological polar surface area (TPSA) is 95.9 Å². The smallest absolute Gasteiger partial charge is 0.326 e. The number of ether oxygens (including phenoxy) is 1. The lowest BCUT2D eigenvalue weighted by atomic mass is 9.90. The second-order valence-corrected chi connectivity index (χ2v) is 5.43. The maximum absolute atomic E-state index is 12.6. The van der Waals surface area contributed by atoms with E-state index in [1.54, 1.807) is 32.2 Å². The Labute approximate surface area is 127 Å². The van der Waals surface area contributed by atoms with Gasteiger partial charge in [0.05, 0.1) is 7.11 Å². The van der Waals surface area contributed by atoms with Gasteiger partial charge in [-0.1, -0.05) is 6.07 Å². The molecule has 1 fully saturated rings. The second-order valence-electron chi connectivity index (χ2n) is 5.43. The van der Waals surface area contributed by atoms with E-state index in [9.17, 15) is 14.4 Å². The molecule has 118 valence electrons. The monoisotopic (exact) mass is 306 g/mol. The Morgan fingerprint density at radius 3 is 2.55 bits per heavy atom. The van der Waals surface area contributed by atoms with Gasteiger partial charge in [-0.15, -0.1) is 0 Å². The third-order valence-corrected chi connectivity index (χ3v) is 3.94. The molecule has 22 heavy (non-hydrogen) atoms. The highest BCUT2D eigenvalue weighted by Crippen LogP contribution is 2.32. The van der Waals surface area contributed by atoms with E-state index in [1.165, 1.54) is 6.92 Å². The second kappa shape index (κ2) is 5.32. The Morgan fingerprint density at radius 1 is 1.41 bits per heavy atom. The van der Waals surface area contributed by atoms with Crippen molar-refractivity contribution in [3.63, 3.8) is 0 Å². The van der Waals surface area contributed by atoms with Crippen molar-refractivity contribution < 1.29 is 24.2 Å². The van der Waals surface area contributed by atoms with Crippen molar-refractivity contribution in [1.82, 2.24) is 10.2 Å². The first-order valence-corrected chi connectivity index (χ1v) is 6.76. The van der Waals surface area contributed by atoms with Gasteiger partial charge in [0.15, 0.2) is 0 Å². The zero-order valence-corrected chi connectivity index (χ0v) is 12.8. The first-order valence-electron chi connectivity index (χ1n) is 6.76. The molecule has 3 amide bonds. The minimum absolute atomic E-state index is 0.573. The molecular formula is C15H18N2O5. The van der Waals surface area contributed by atoms with Gasteiger partial charge in [-0.3, -0.25) is 4.79 Å². The first kappa shape index (κ1) is 15.8. The molecule has 1 heterocycles. The van der Waals surface area contributed by atoms with E-state index in [-0.39, 0.29) is 0 Å². The number of aryl methyl sites for hydroxylation is 1. The molecule has 7 nitrogen and oxygen atoms in total. The third-order valence-electron chi connectivity index (χ3n) is 3.94. The number of hydrogen-bond donors (Lipinski definition) is 2. The van der Waals surface area contributed by atoms with Gasteiger partial charge in [0.1, 0.15) is 17.3 Å². The van der Waals surface area contributed by atoms with Gasteiger partial charge >= 0.3 is 12.0 Å². The fourth-order valence-corrected chi connectivity index (χ4v) is 2.51. The maximum Gasteiger partial charge on any atom is 0.326 e. The number of nitrogens with zero attached hydrogens (tertiary/aromatic N) is 1. The van der Waals surface area contributed by atoms with Crippen LogP contribution in [0.2, 0.25) is 0 Å².